The third kappa shape index (κ3) is 1.49. The van der Waals surface area contributed by atoms with E-state index in [-0.39, 0.29) is 11.6 Å². The van der Waals surface area contributed by atoms with Crippen LogP contribution in [0.3, 0.4) is 0 Å². The predicted octanol–water partition coefficient (Wildman–Crippen LogP) is 1.21. The third-order valence-electron chi connectivity index (χ3n) is 2.89. The quantitative estimate of drug-likeness (QED) is 0.827. The zero-order chi connectivity index (χ0) is 11.1. The van der Waals surface area contributed by atoms with E-state index in [0.717, 1.165) is 29.6 Å². The van der Waals surface area contributed by atoms with Crippen LogP contribution in [-0.4, -0.2) is 21.1 Å². The van der Waals surface area contributed by atoms with Gasteiger partial charge < -0.3 is 5.32 Å². The summed E-state index contributed by atoms with van der Waals surface area (Å²) in [6.07, 6.45) is 3.90. The van der Waals surface area contributed by atoms with E-state index in [1.165, 1.54) is 4.52 Å². The van der Waals surface area contributed by atoms with Crippen molar-refractivity contribution in [2.75, 3.05) is 6.54 Å². The van der Waals surface area contributed by atoms with Crippen LogP contribution in [-0.2, 0) is 0 Å². The highest BCUT2D eigenvalue weighted by molar-refractivity contribution is 9.10. The molecule has 1 atom stereocenters. The minimum Gasteiger partial charge on any atom is -0.309 e. The van der Waals surface area contributed by atoms with Crippen LogP contribution in [0.2, 0.25) is 0 Å². The van der Waals surface area contributed by atoms with Gasteiger partial charge >= 0.3 is 0 Å². The van der Waals surface area contributed by atoms with Crippen molar-refractivity contribution in [1.82, 2.24) is 19.9 Å². The van der Waals surface area contributed by atoms with E-state index in [1.807, 2.05) is 0 Å². The van der Waals surface area contributed by atoms with Gasteiger partial charge in [0.2, 0.25) is 0 Å². The number of halogens is 1. The van der Waals surface area contributed by atoms with Crippen LogP contribution in [0, 0.1) is 0 Å². The van der Waals surface area contributed by atoms with Crippen LogP contribution in [0.25, 0.3) is 5.65 Å². The SMILES string of the molecule is O=c1cc(C2CCCN2)nc2c(Br)c[nH]n12. The van der Waals surface area contributed by atoms with Crippen LogP contribution < -0.4 is 10.9 Å². The minimum atomic E-state index is -0.0700. The van der Waals surface area contributed by atoms with E-state index in [0.29, 0.717) is 5.65 Å². The van der Waals surface area contributed by atoms with Gasteiger partial charge in [0, 0.05) is 18.3 Å². The molecule has 0 bridgehead atoms. The summed E-state index contributed by atoms with van der Waals surface area (Å²) in [5, 5.41) is 6.19. The van der Waals surface area contributed by atoms with Gasteiger partial charge in [-0.1, -0.05) is 0 Å². The zero-order valence-electron chi connectivity index (χ0n) is 8.53. The summed E-state index contributed by atoms with van der Waals surface area (Å²) in [7, 11) is 0. The average molecular weight is 283 g/mol. The molecule has 6 heteroatoms. The van der Waals surface area contributed by atoms with Crippen molar-refractivity contribution in [2.24, 2.45) is 0 Å². The lowest BCUT2D eigenvalue weighted by Gasteiger charge is -2.08. The fourth-order valence-electron chi connectivity index (χ4n) is 2.09. The van der Waals surface area contributed by atoms with Crippen LogP contribution in [0.15, 0.2) is 21.5 Å². The first-order valence-corrected chi connectivity index (χ1v) is 6.05. The largest absolute Gasteiger partial charge is 0.309 e. The molecule has 2 aromatic heterocycles. The number of nitrogens with one attached hydrogen (secondary N) is 2. The predicted molar refractivity (Wildman–Crippen MR) is 63.5 cm³/mol. The molecule has 16 heavy (non-hydrogen) atoms. The Bertz CT molecular complexity index is 582. The summed E-state index contributed by atoms with van der Waals surface area (Å²) in [4.78, 5) is 16.3. The summed E-state index contributed by atoms with van der Waals surface area (Å²) >= 11 is 3.37. The van der Waals surface area contributed by atoms with Gasteiger partial charge in [0.1, 0.15) is 0 Å². The molecule has 0 aromatic carbocycles. The highest BCUT2D eigenvalue weighted by Gasteiger charge is 2.19. The van der Waals surface area contributed by atoms with Crippen molar-refractivity contribution < 1.29 is 0 Å². The van der Waals surface area contributed by atoms with Crippen LogP contribution in [0.1, 0.15) is 24.6 Å². The summed E-state index contributed by atoms with van der Waals surface area (Å²) in [5.41, 5.74) is 1.42. The first-order valence-electron chi connectivity index (χ1n) is 5.25. The lowest BCUT2D eigenvalue weighted by Crippen LogP contribution is -2.20. The fourth-order valence-corrected chi connectivity index (χ4v) is 2.45. The molecule has 84 valence electrons. The normalized spacial score (nSPS) is 20.7. The molecule has 2 aromatic rings. The maximum Gasteiger partial charge on any atom is 0.272 e. The summed E-state index contributed by atoms with van der Waals surface area (Å²) < 4.78 is 2.24. The maximum absolute atomic E-state index is 11.8. The van der Waals surface area contributed by atoms with E-state index in [9.17, 15) is 4.79 Å². The molecule has 1 unspecified atom stereocenters. The molecule has 0 amide bonds. The van der Waals surface area contributed by atoms with Gasteiger partial charge in [0.25, 0.3) is 5.56 Å². The first-order chi connectivity index (χ1) is 7.75. The van der Waals surface area contributed by atoms with Crippen molar-refractivity contribution >= 4 is 21.6 Å². The summed E-state index contributed by atoms with van der Waals surface area (Å²) in [6, 6.07) is 1.82. The number of aromatic amines is 1. The first kappa shape index (κ1) is 10.0. The molecule has 0 aliphatic carbocycles. The van der Waals surface area contributed by atoms with Crippen LogP contribution in [0.4, 0.5) is 0 Å². The van der Waals surface area contributed by atoms with Crippen molar-refractivity contribution in [3.63, 3.8) is 0 Å². The Kier molecular flexibility index (Phi) is 2.33. The molecule has 1 aliphatic rings. The molecule has 0 spiro atoms. The highest BCUT2D eigenvalue weighted by atomic mass is 79.9. The Hall–Kier alpha value is -1.14. The minimum absolute atomic E-state index is 0.0700. The lowest BCUT2D eigenvalue weighted by atomic mass is 10.1. The lowest BCUT2D eigenvalue weighted by molar-refractivity contribution is 0.624. The van der Waals surface area contributed by atoms with Gasteiger partial charge in [0.15, 0.2) is 5.65 Å². The second-order valence-electron chi connectivity index (χ2n) is 3.95. The van der Waals surface area contributed by atoms with E-state index in [2.05, 4.69) is 31.3 Å². The average Bonchev–Trinajstić information content (AvgIpc) is 2.88. The van der Waals surface area contributed by atoms with E-state index in [1.54, 1.807) is 12.3 Å². The Morgan fingerprint density at radius 1 is 1.56 bits per heavy atom. The molecule has 1 fully saturated rings. The second-order valence-corrected chi connectivity index (χ2v) is 4.80. The number of hydrogen-bond acceptors (Lipinski definition) is 3. The molecular weight excluding hydrogens is 272 g/mol. The molecule has 3 heterocycles. The monoisotopic (exact) mass is 282 g/mol. The number of fused-ring (bicyclic) bond motifs is 1. The molecule has 1 saturated heterocycles. The van der Waals surface area contributed by atoms with Gasteiger partial charge in [-0.15, -0.1) is 0 Å². The molecule has 1 aliphatic heterocycles. The Morgan fingerprint density at radius 2 is 2.44 bits per heavy atom. The number of rotatable bonds is 1. The van der Waals surface area contributed by atoms with E-state index < -0.39 is 0 Å². The smallest absolute Gasteiger partial charge is 0.272 e. The number of nitrogens with zero attached hydrogens (tertiary/aromatic N) is 2. The topological polar surface area (TPSA) is 62.2 Å². The van der Waals surface area contributed by atoms with Gasteiger partial charge in [-0.3, -0.25) is 9.89 Å². The molecular formula is C10H11BrN4O. The Balaban J connectivity index is 2.19. The van der Waals surface area contributed by atoms with Crippen molar-refractivity contribution in [3.8, 4) is 0 Å². The van der Waals surface area contributed by atoms with E-state index >= 15 is 0 Å². The van der Waals surface area contributed by atoms with Gasteiger partial charge in [0.05, 0.1) is 10.2 Å². The number of aromatic nitrogens is 3. The number of hydrogen-bond donors (Lipinski definition) is 2. The number of H-pyrrole nitrogens is 1. The zero-order valence-corrected chi connectivity index (χ0v) is 10.1. The van der Waals surface area contributed by atoms with Gasteiger partial charge in [-0.2, -0.15) is 0 Å². The maximum atomic E-state index is 11.8. The summed E-state index contributed by atoms with van der Waals surface area (Å²) in [6.45, 7) is 1.00. The molecule has 2 N–H and O–H groups in total. The van der Waals surface area contributed by atoms with Crippen molar-refractivity contribution in [2.45, 2.75) is 18.9 Å². The van der Waals surface area contributed by atoms with Crippen molar-refractivity contribution in [1.29, 1.82) is 0 Å². The molecule has 3 rings (SSSR count). The molecule has 0 radical (unpaired) electrons. The van der Waals surface area contributed by atoms with Gasteiger partial charge in [-0.05, 0) is 35.3 Å². The van der Waals surface area contributed by atoms with Gasteiger partial charge in [-0.25, -0.2) is 9.50 Å². The van der Waals surface area contributed by atoms with Crippen LogP contribution >= 0.6 is 15.9 Å². The third-order valence-corrected chi connectivity index (χ3v) is 3.47. The standard InChI is InChI=1S/C10H11BrN4O/c11-6-5-13-15-9(16)4-8(14-10(6)15)7-2-1-3-12-7/h4-5,7,12-13H,1-3H2. The van der Waals surface area contributed by atoms with Crippen LogP contribution in [0.5, 0.6) is 0 Å². The fraction of sp³-hybridized carbons (Fsp3) is 0.400. The Morgan fingerprint density at radius 3 is 3.19 bits per heavy atom. The molecule has 5 nitrogen and oxygen atoms in total. The summed E-state index contributed by atoms with van der Waals surface area (Å²) in [5.74, 6) is 0. The molecule has 0 saturated carbocycles. The van der Waals surface area contributed by atoms with E-state index in [4.69, 9.17) is 0 Å². The second kappa shape index (κ2) is 3.71. The Labute approximate surface area is 100.0 Å². The highest BCUT2D eigenvalue weighted by Crippen LogP contribution is 2.22. The van der Waals surface area contributed by atoms with Crippen molar-refractivity contribution in [3.05, 3.63) is 32.8 Å².